The Balaban J connectivity index is 1.81. The fourth-order valence-corrected chi connectivity index (χ4v) is 3.50. The van der Waals surface area contributed by atoms with E-state index in [2.05, 4.69) is 15.3 Å². The lowest BCUT2D eigenvalue weighted by Gasteiger charge is -2.17. The van der Waals surface area contributed by atoms with Crippen molar-refractivity contribution in [3.63, 3.8) is 0 Å². The highest BCUT2D eigenvalue weighted by Gasteiger charge is 2.23. The standard InChI is InChI=1S/C23H21Cl2N3O5/c1-31-20-7-6-15(19(29)9-16-17(24)11-26-12-18(16)25)22(23(20)32-2)33-13-21(30)28-10-14-5-3-4-8-27-14/h3-8,11-12H,9-10,13H2,1-2H3,(H,28,30). The van der Waals surface area contributed by atoms with Crippen molar-refractivity contribution in [1.29, 1.82) is 0 Å². The van der Waals surface area contributed by atoms with E-state index in [4.69, 9.17) is 37.4 Å². The van der Waals surface area contributed by atoms with E-state index < -0.39 is 5.91 Å². The fourth-order valence-electron chi connectivity index (χ4n) is 3.00. The molecule has 0 radical (unpaired) electrons. The maximum atomic E-state index is 13.1. The van der Waals surface area contributed by atoms with Gasteiger partial charge in [-0.25, -0.2) is 0 Å². The number of hydrogen-bond donors (Lipinski definition) is 1. The molecule has 0 spiro atoms. The molecule has 0 fully saturated rings. The van der Waals surface area contributed by atoms with E-state index >= 15 is 0 Å². The van der Waals surface area contributed by atoms with Gasteiger partial charge in [0.2, 0.25) is 5.75 Å². The predicted molar refractivity (Wildman–Crippen MR) is 123 cm³/mol. The molecule has 0 unspecified atom stereocenters. The van der Waals surface area contributed by atoms with Crippen molar-refractivity contribution >= 4 is 34.9 Å². The van der Waals surface area contributed by atoms with Crippen LogP contribution in [0.2, 0.25) is 10.0 Å². The van der Waals surface area contributed by atoms with Crippen molar-refractivity contribution in [3.8, 4) is 17.2 Å². The maximum absolute atomic E-state index is 13.1. The number of methoxy groups -OCH3 is 2. The average Bonchev–Trinajstić information content (AvgIpc) is 2.83. The van der Waals surface area contributed by atoms with Crippen LogP contribution in [0.4, 0.5) is 0 Å². The molecule has 0 aliphatic heterocycles. The summed E-state index contributed by atoms with van der Waals surface area (Å²) in [6, 6.07) is 8.52. The van der Waals surface area contributed by atoms with Gasteiger partial charge in [0.05, 0.1) is 42.1 Å². The number of aromatic nitrogens is 2. The summed E-state index contributed by atoms with van der Waals surface area (Å²) in [5.41, 5.74) is 1.33. The molecule has 1 aromatic carbocycles. The SMILES string of the molecule is COc1ccc(C(=O)Cc2c(Cl)cncc2Cl)c(OCC(=O)NCc2ccccn2)c1OC. The Morgan fingerprint density at radius 3 is 2.39 bits per heavy atom. The van der Waals surface area contributed by atoms with Gasteiger partial charge < -0.3 is 19.5 Å². The Hall–Kier alpha value is -3.36. The zero-order valence-electron chi connectivity index (χ0n) is 17.9. The van der Waals surface area contributed by atoms with Crippen LogP contribution >= 0.6 is 23.2 Å². The van der Waals surface area contributed by atoms with Crippen LogP contribution in [0.15, 0.2) is 48.9 Å². The molecular weight excluding hydrogens is 469 g/mol. The summed E-state index contributed by atoms with van der Waals surface area (Å²) in [6.45, 7) is -0.115. The second kappa shape index (κ2) is 11.5. The van der Waals surface area contributed by atoms with Crippen molar-refractivity contribution in [1.82, 2.24) is 15.3 Å². The highest BCUT2D eigenvalue weighted by Crippen LogP contribution is 2.40. The van der Waals surface area contributed by atoms with Crippen LogP contribution in [0.1, 0.15) is 21.6 Å². The first-order valence-corrected chi connectivity index (χ1v) is 10.6. The van der Waals surface area contributed by atoms with Crippen molar-refractivity contribution in [2.45, 2.75) is 13.0 Å². The maximum Gasteiger partial charge on any atom is 0.258 e. The van der Waals surface area contributed by atoms with E-state index in [1.165, 1.54) is 32.7 Å². The Labute approximate surface area is 200 Å². The van der Waals surface area contributed by atoms with Gasteiger partial charge in [0.25, 0.3) is 5.91 Å². The quantitative estimate of drug-likeness (QED) is 0.430. The third-order valence-corrected chi connectivity index (χ3v) is 5.28. The number of carbonyl (C=O) groups is 2. The molecular formula is C23H21Cl2N3O5. The lowest BCUT2D eigenvalue weighted by molar-refractivity contribution is -0.123. The minimum atomic E-state index is -0.399. The predicted octanol–water partition coefficient (Wildman–Crippen LogP) is 3.92. The lowest BCUT2D eigenvalue weighted by Crippen LogP contribution is -2.29. The van der Waals surface area contributed by atoms with Crippen LogP contribution in [0, 0.1) is 0 Å². The van der Waals surface area contributed by atoms with Crippen LogP contribution in [0.25, 0.3) is 0 Å². The molecule has 3 aromatic rings. The fraction of sp³-hybridized carbons (Fsp3) is 0.217. The van der Waals surface area contributed by atoms with Gasteiger partial charge in [-0.05, 0) is 24.3 Å². The van der Waals surface area contributed by atoms with Gasteiger partial charge in [0, 0.05) is 30.6 Å². The van der Waals surface area contributed by atoms with E-state index in [0.717, 1.165) is 0 Å². The lowest BCUT2D eigenvalue weighted by atomic mass is 10.0. The van der Waals surface area contributed by atoms with Crippen LogP contribution < -0.4 is 19.5 Å². The number of ketones is 1. The molecule has 2 aromatic heterocycles. The molecule has 1 amide bonds. The number of nitrogens with one attached hydrogen (secondary N) is 1. The molecule has 3 rings (SSSR count). The molecule has 2 heterocycles. The molecule has 0 aliphatic carbocycles. The molecule has 0 atom stereocenters. The molecule has 8 nitrogen and oxygen atoms in total. The van der Waals surface area contributed by atoms with Gasteiger partial charge in [-0.2, -0.15) is 0 Å². The van der Waals surface area contributed by atoms with Crippen molar-refractivity contribution in [3.05, 3.63) is 75.8 Å². The molecule has 33 heavy (non-hydrogen) atoms. The first kappa shape index (κ1) is 24.3. The summed E-state index contributed by atoms with van der Waals surface area (Å²) in [5, 5.41) is 3.26. The van der Waals surface area contributed by atoms with E-state index in [9.17, 15) is 9.59 Å². The van der Waals surface area contributed by atoms with Crippen LogP contribution in [0.5, 0.6) is 17.2 Å². The largest absolute Gasteiger partial charge is 0.493 e. The molecule has 0 bridgehead atoms. The number of benzene rings is 1. The zero-order valence-corrected chi connectivity index (χ0v) is 19.4. The number of Topliss-reactive ketones (excluding diaryl/α,β-unsaturated/α-hetero) is 1. The second-order valence-corrected chi connectivity index (χ2v) is 7.56. The summed E-state index contributed by atoms with van der Waals surface area (Å²) >= 11 is 12.3. The van der Waals surface area contributed by atoms with E-state index in [1.807, 2.05) is 6.07 Å². The topological polar surface area (TPSA) is 99.6 Å². The van der Waals surface area contributed by atoms with E-state index in [1.54, 1.807) is 24.4 Å². The molecule has 0 saturated heterocycles. The van der Waals surface area contributed by atoms with Gasteiger partial charge in [0.1, 0.15) is 0 Å². The molecule has 1 N–H and O–H groups in total. The Kier molecular flexibility index (Phi) is 8.46. The van der Waals surface area contributed by atoms with Crippen molar-refractivity contribution in [2.75, 3.05) is 20.8 Å². The van der Waals surface area contributed by atoms with Gasteiger partial charge >= 0.3 is 0 Å². The first-order chi connectivity index (χ1) is 15.9. The summed E-state index contributed by atoms with van der Waals surface area (Å²) < 4.78 is 16.5. The molecule has 0 saturated carbocycles. The van der Waals surface area contributed by atoms with Crippen LogP contribution in [-0.4, -0.2) is 42.5 Å². The Bertz CT molecular complexity index is 1120. The third-order valence-electron chi connectivity index (χ3n) is 4.63. The van der Waals surface area contributed by atoms with Crippen molar-refractivity contribution in [2.24, 2.45) is 0 Å². The number of rotatable bonds is 10. The van der Waals surface area contributed by atoms with Gasteiger partial charge in [-0.1, -0.05) is 29.3 Å². The summed E-state index contributed by atoms with van der Waals surface area (Å²) in [6.07, 6.45) is 4.36. The minimum absolute atomic E-state index is 0.0798. The number of amides is 1. The number of nitrogens with zero attached hydrogens (tertiary/aromatic N) is 2. The Morgan fingerprint density at radius 1 is 1.00 bits per heavy atom. The molecule has 172 valence electrons. The highest BCUT2D eigenvalue weighted by molar-refractivity contribution is 6.36. The number of carbonyl (C=O) groups excluding carboxylic acids is 2. The summed E-state index contributed by atoms with van der Waals surface area (Å²) in [4.78, 5) is 33.5. The second-order valence-electron chi connectivity index (χ2n) is 6.75. The Morgan fingerprint density at radius 2 is 1.76 bits per heavy atom. The molecule has 0 aliphatic rings. The van der Waals surface area contributed by atoms with E-state index in [0.29, 0.717) is 17.0 Å². The first-order valence-electron chi connectivity index (χ1n) is 9.80. The van der Waals surface area contributed by atoms with Gasteiger partial charge in [-0.15, -0.1) is 0 Å². The minimum Gasteiger partial charge on any atom is -0.493 e. The van der Waals surface area contributed by atoms with Crippen molar-refractivity contribution < 1.29 is 23.8 Å². The molecule has 10 heteroatoms. The van der Waals surface area contributed by atoms with Crippen LogP contribution in [-0.2, 0) is 17.8 Å². The normalized spacial score (nSPS) is 10.4. The zero-order chi connectivity index (χ0) is 23.8. The monoisotopic (exact) mass is 489 g/mol. The highest BCUT2D eigenvalue weighted by atomic mass is 35.5. The van der Waals surface area contributed by atoms with Gasteiger partial charge in [0.15, 0.2) is 23.9 Å². The smallest absolute Gasteiger partial charge is 0.258 e. The number of pyridine rings is 2. The number of ether oxygens (including phenoxy) is 3. The summed E-state index contributed by atoms with van der Waals surface area (Å²) in [7, 11) is 2.87. The third kappa shape index (κ3) is 6.12. The number of hydrogen-bond acceptors (Lipinski definition) is 7. The van der Waals surface area contributed by atoms with E-state index in [-0.39, 0.29) is 52.5 Å². The van der Waals surface area contributed by atoms with Gasteiger partial charge in [-0.3, -0.25) is 19.6 Å². The number of halogens is 2. The van der Waals surface area contributed by atoms with Crippen LogP contribution in [0.3, 0.4) is 0 Å². The average molecular weight is 490 g/mol. The summed E-state index contributed by atoms with van der Waals surface area (Å²) in [5.74, 6) is -0.124.